The highest BCUT2D eigenvalue weighted by atomic mass is 16.2. The number of carbonyl (C=O) groups excluding carboxylic acids is 1. The predicted molar refractivity (Wildman–Crippen MR) is 61.9 cm³/mol. The molecule has 4 nitrogen and oxygen atoms in total. The molecule has 1 unspecified atom stereocenters. The lowest BCUT2D eigenvalue weighted by atomic mass is 10.1. The van der Waals surface area contributed by atoms with Crippen LogP contribution in [0.5, 0.6) is 0 Å². The van der Waals surface area contributed by atoms with Crippen LogP contribution in [0.2, 0.25) is 0 Å². The Morgan fingerprint density at radius 1 is 1.53 bits per heavy atom. The van der Waals surface area contributed by atoms with E-state index in [1.165, 1.54) is 0 Å². The first-order valence-corrected chi connectivity index (χ1v) is 5.95. The maximum absolute atomic E-state index is 11.7. The summed E-state index contributed by atoms with van der Waals surface area (Å²) in [6.07, 6.45) is 3.32. The van der Waals surface area contributed by atoms with Gasteiger partial charge in [-0.3, -0.25) is 0 Å². The zero-order chi connectivity index (χ0) is 11.1. The normalized spacial score (nSPS) is 20.7. The average molecular weight is 213 g/mol. The van der Waals surface area contributed by atoms with E-state index in [1.807, 2.05) is 11.9 Å². The van der Waals surface area contributed by atoms with Crippen LogP contribution in [-0.4, -0.2) is 44.2 Å². The standard InChI is InChI=1S/C11H23N3O/c1-3-4-6-13-11(15)14-7-5-10(9-14)8-12-2/h10,12H,3-9H2,1-2H3,(H,13,15). The molecule has 1 heterocycles. The molecule has 2 N–H and O–H groups in total. The van der Waals surface area contributed by atoms with E-state index in [4.69, 9.17) is 0 Å². The molecule has 88 valence electrons. The minimum atomic E-state index is 0.113. The Morgan fingerprint density at radius 2 is 2.33 bits per heavy atom. The number of likely N-dealkylation sites (tertiary alicyclic amines) is 1. The van der Waals surface area contributed by atoms with E-state index in [0.717, 1.165) is 45.4 Å². The van der Waals surface area contributed by atoms with Crippen LogP contribution in [0.25, 0.3) is 0 Å². The first kappa shape index (κ1) is 12.3. The Hall–Kier alpha value is -0.770. The second-order valence-corrected chi connectivity index (χ2v) is 4.24. The maximum Gasteiger partial charge on any atom is 0.317 e. The summed E-state index contributed by atoms with van der Waals surface area (Å²) >= 11 is 0. The molecule has 1 aliphatic heterocycles. The molecule has 1 rings (SSSR count). The summed E-state index contributed by atoms with van der Waals surface area (Å²) in [5.41, 5.74) is 0. The van der Waals surface area contributed by atoms with Crippen molar-refractivity contribution < 1.29 is 4.79 Å². The number of carbonyl (C=O) groups is 1. The maximum atomic E-state index is 11.7. The number of hydrogen-bond donors (Lipinski definition) is 2. The molecule has 2 amide bonds. The molecule has 0 aromatic heterocycles. The van der Waals surface area contributed by atoms with Gasteiger partial charge in [-0.05, 0) is 32.4 Å². The number of amides is 2. The van der Waals surface area contributed by atoms with Crippen molar-refractivity contribution in [1.29, 1.82) is 0 Å². The summed E-state index contributed by atoms with van der Waals surface area (Å²) in [6, 6.07) is 0.113. The van der Waals surface area contributed by atoms with Gasteiger partial charge in [-0.15, -0.1) is 0 Å². The number of hydrogen-bond acceptors (Lipinski definition) is 2. The van der Waals surface area contributed by atoms with Gasteiger partial charge < -0.3 is 15.5 Å². The first-order chi connectivity index (χ1) is 7.27. The van der Waals surface area contributed by atoms with Crippen molar-refractivity contribution in [2.24, 2.45) is 5.92 Å². The van der Waals surface area contributed by atoms with Crippen molar-refractivity contribution in [1.82, 2.24) is 15.5 Å². The number of unbranched alkanes of at least 4 members (excludes halogenated alkanes) is 1. The summed E-state index contributed by atoms with van der Waals surface area (Å²) in [4.78, 5) is 13.6. The quantitative estimate of drug-likeness (QED) is 0.670. The van der Waals surface area contributed by atoms with Crippen molar-refractivity contribution in [2.45, 2.75) is 26.2 Å². The molecule has 0 aliphatic carbocycles. The van der Waals surface area contributed by atoms with E-state index >= 15 is 0 Å². The van der Waals surface area contributed by atoms with Crippen LogP contribution >= 0.6 is 0 Å². The first-order valence-electron chi connectivity index (χ1n) is 5.95. The van der Waals surface area contributed by atoms with Crippen LogP contribution < -0.4 is 10.6 Å². The highest BCUT2D eigenvalue weighted by molar-refractivity contribution is 5.74. The minimum Gasteiger partial charge on any atom is -0.338 e. The third-order valence-corrected chi connectivity index (χ3v) is 2.87. The minimum absolute atomic E-state index is 0.113. The van der Waals surface area contributed by atoms with Gasteiger partial charge in [0.1, 0.15) is 0 Å². The fourth-order valence-corrected chi connectivity index (χ4v) is 1.96. The van der Waals surface area contributed by atoms with Gasteiger partial charge in [0, 0.05) is 19.6 Å². The predicted octanol–water partition coefficient (Wildman–Crippen LogP) is 1.04. The fraction of sp³-hybridized carbons (Fsp3) is 0.909. The largest absolute Gasteiger partial charge is 0.338 e. The molecule has 0 aromatic carbocycles. The Balaban J connectivity index is 2.18. The van der Waals surface area contributed by atoms with Crippen molar-refractivity contribution in [3.05, 3.63) is 0 Å². The van der Waals surface area contributed by atoms with Crippen LogP contribution in [0.4, 0.5) is 4.79 Å². The van der Waals surface area contributed by atoms with Gasteiger partial charge >= 0.3 is 6.03 Å². The van der Waals surface area contributed by atoms with E-state index in [2.05, 4.69) is 17.6 Å². The lowest BCUT2D eigenvalue weighted by Crippen LogP contribution is -2.39. The van der Waals surface area contributed by atoms with Gasteiger partial charge in [0.25, 0.3) is 0 Å². The Bertz CT molecular complexity index is 196. The van der Waals surface area contributed by atoms with Crippen LogP contribution in [0.3, 0.4) is 0 Å². The fourth-order valence-electron chi connectivity index (χ4n) is 1.96. The molecule has 0 spiro atoms. The Labute approximate surface area is 92.4 Å². The Morgan fingerprint density at radius 3 is 3.00 bits per heavy atom. The molecule has 4 heteroatoms. The van der Waals surface area contributed by atoms with Crippen molar-refractivity contribution in [3.8, 4) is 0 Å². The van der Waals surface area contributed by atoms with E-state index in [0.29, 0.717) is 5.92 Å². The number of rotatable bonds is 5. The van der Waals surface area contributed by atoms with Crippen molar-refractivity contribution >= 4 is 6.03 Å². The summed E-state index contributed by atoms with van der Waals surface area (Å²) in [6.45, 7) is 5.76. The van der Waals surface area contributed by atoms with Gasteiger partial charge in [-0.2, -0.15) is 0 Å². The van der Waals surface area contributed by atoms with E-state index in [9.17, 15) is 4.79 Å². The topological polar surface area (TPSA) is 44.4 Å². The van der Waals surface area contributed by atoms with Gasteiger partial charge in [0.15, 0.2) is 0 Å². The van der Waals surface area contributed by atoms with Gasteiger partial charge in [0.2, 0.25) is 0 Å². The van der Waals surface area contributed by atoms with Crippen LogP contribution in [0.1, 0.15) is 26.2 Å². The second-order valence-electron chi connectivity index (χ2n) is 4.24. The number of nitrogens with one attached hydrogen (secondary N) is 2. The highest BCUT2D eigenvalue weighted by Gasteiger charge is 2.25. The number of nitrogens with zero attached hydrogens (tertiary/aromatic N) is 1. The molecule has 1 saturated heterocycles. The Kier molecular flexibility index (Phi) is 5.47. The smallest absolute Gasteiger partial charge is 0.317 e. The molecule has 0 bridgehead atoms. The van der Waals surface area contributed by atoms with E-state index < -0.39 is 0 Å². The summed E-state index contributed by atoms with van der Waals surface area (Å²) in [5, 5.41) is 6.12. The SMILES string of the molecule is CCCCNC(=O)N1CCC(CNC)C1. The average Bonchev–Trinajstić information content (AvgIpc) is 2.67. The van der Waals surface area contributed by atoms with Crippen molar-refractivity contribution in [2.75, 3.05) is 33.2 Å². The van der Waals surface area contributed by atoms with Crippen LogP contribution in [-0.2, 0) is 0 Å². The lowest BCUT2D eigenvalue weighted by Gasteiger charge is -2.17. The van der Waals surface area contributed by atoms with E-state index in [-0.39, 0.29) is 6.03 Å². The molecular weight excluding hydrogens is 190 g/mol. The van der Waals surface area contributed by atoms with Crippen molar-refractivity contribution in [3.63, 3.8) is 0 Å². The molecule has 0 aromatic rings. The summed E-state index contributed by atoms with van der Waals surface area (Å²) in [7, 11) is 1.96. The monoisotopic (exact) mass is 213 g/mol. The second kappa shape index (κ2) is 6.67. The molecule has 1 fully saturated rings. The highest BCUT2D eigenvalue weighted by Crippen LogP contribution is 2.14. The molecule has 0 radical (unpaired) electrons. The summed E-state index contributed by atoms with van der Waals surface area (Å²) < 4.78 is 0. The third-order valence-electron chi connectivity index (χ3n) is 2.87. The van der Waals surface area contributed by atoms with E-state index in [1.54, 1.807) is 0 Å². The van der Waals surface area contributed by atoms with Crippen LogP contribution in [0.15, 0.2) is 0 Å². The zero-order valence-electron chi connectivity index (χ0n) is 9.88. The number of urea groups is 1. The molecule has 1 aliphatic rings. The summed E-state index contributed by atoms with van der Waals surface area (Å²) in [5.74, 6) is 0.631. The molecule has 0 saturated carbocycles. The zero-order valence-corrected chi connectivity index (χ0v) is 9.88. The third kappa shape index (κ3) is 4.08. The molecule has 15 heavy (non-hydrogen) atoms. The van der Waals surface area contributed by atoms with Gasteiger partial charge in [0.05, 0.1) is 0 Å². The van der Waals surface area contributed by atoms with Crippen LogP contribution in [0, 0.1) is 5.92 Å². The van der Waals surface area contributed by atoms with Gasteiger partial charge in [-0.1, -0.05) is 13.3 Å². The molecule has 1 atom stereocenters. The van der Waals surface area contributed by atoms with Gasteiger partial charge in [-0.25, -0.2) is 4.79 Å². The molecular formula is C11H23N3O. The lowest BCUT2D eigenvalue weighted by molar-refractivity contribution is 0.207.